The van der Waals surface area contributed by atoms with Gasteiger partial charge in [0.25, 0.3) is 0 Å². The summed E-state index contributed by atoms with van der Waals surface area (Å²) in [6, 6.07) is 2.48. The first-order valence-electron chi connectivity index (χ1n) is 6.28. The van der Waals surface area contributed by atoms with Gasteiger partial charge in [-0.05, 0) is 26.0 Å². The Balaban J connectivity index is 1.94. The molecule has 0 radical (unpaired) electrons. The fraction of sp³-hybridized carbons (Fsp3) is 0.214. The third kappa shape index (κ3) is 2.61. The molecule has 110 valence electrons. The van der Waals surface area contributed by atoms with E-state index in [9.17, 15) is 4.39 Å². The van der Waals surface area contributed by atoms with Crippen molar-refractivity contribution in [3.8, 4) is 0 Å². The molecule has 0 aliphatic heterocycles. The first-order valence-corrected chi connectivity index (χ1v) is 7.91. The highest BCUT2D eigenvalue weighted by molar-refractivity contribution is 7.15. The molecule has 1 aromatic carbocycles. The van der Waals surface area contributed by atoms with Crippen LogP contribution in [0.25, 0.3) is 4.96 Å². The number of anilines is 1. The molecule has 3 rings (SSSR count). The van der Waals surface area contributed by atoms with Crippen molar-refractivity contribution in [1.29, 1.82) is 0 Å². The molecule has 0 amide bonds. The van der Waals surface area contributed by atoms with Gasteiger partial charge in [0.1, 0.15) is 5.82 Å². The van der Waals surface area contributed by atoms with E-state index >= 15 is 0 Å². The molecular weight excluding hydrogens is 332 g/mol. The molecule has 2 heterocycles. The molecule has 3 aromatic rings. The summed E-state index contributed by atoms with van der Waals surface area (Å²) >= 11 is 13.7. The van der Waals surface area contributed by atoms with E-state index in [0.29, 0.717) is 12.2 Å². The number of thiazole rings is 1. The van der Waals surface area contributed by atoms with Crippen molar-refractivity contribution >= 4 is 45.2 Å². The summed E-state index contributed by atoms with van der Waals surface area (Å²) < 4.78 is 15.3. The molecular formula is C14H12Cl2FN3S. The lowest BCUT2D eigenvalue weighted by atomic mass is 10.2. The number of rotatable bonds is 3. The first kappa shape index (κ1) is 14.6. The van der Waals surface area contributed by atoms with Gasteiger partial charge in [0.05, 0.1) is 33.7 Å². The molecule has 7 heteroatoms. The van der Waals surface area contributed by atoms with E-state index < -0.39 is 5.82 Å². The van der Waals surface area contributed by atoms with Crippen LogP contribution in [0.4, 0.5) is 10.1 Å². The molecule has 0 atom stereocenters. The third-order valence-electron chi connectivity index (χ3n) is 3.27. The van der Waals surface area contributed by atoms with Crippen LogP contribution in [0.5, 0.6) is 0 Å². The number of aryl methyl sites for hydroxylation is 2. The summed E-state index contributed by atoms with van der Waals surface area (Å²) in [5, 5.41) is 5.76. The molecule has 21 heavy (non-hydrogen) atoms. The molecule has 0 aliphatic rings. The molecule has 0 spiro atoms. The van der Waals surface area contributed by atoms with Crippen LogP contribution in [0, 0.1) is 19.7 Å². The van der Waals surface area contributed by atoms with Crippen LogP contribution < -0.4 is 5.32 Å². The van der Waals surface area contributed by atoms with Crippen molar-refractivity contribution in [3.05, 3.63) is 50.5 Å². The second-order valence-corrected chi connectivity index (χ2v) is 6.39. The molecule has 0 saturated heterocycles. The van der Waals surface area contributed by atoms with Gasteiger partial charge >= 0.3 is 0 Å². The zero-order valence-electron chi connectivity index (χ0n) is 11.4. The van der Waals surface area contributed by atoms with E-state index in [1.807, 2.05) is 13.8 Å². The van der Waals surface area contributed by atoms with E-state index in [1.165, 1.54) is 12.1 Å². The number of nitrogens with zero attached hydrogens (tertiary/aromatic N) is 2. The molecule has 0 bridgehead atoms. The van der Waals surface area contributed by atoms with Crippen LogP contribution in [0.15, 0.2) is 17.5 Å². The van der Waals surface area contributed by atoms with Gasteiger partial charge in [-0.15, -0.1) is 11.3 Å². The van der Waals surface area contributed by atoms with E-state index in [2.05, 4.69) is 20.1 Å². The maximum absolute atomic E-state index is 13.2. The van der Waals surface area contributed by atoms with Crippen LogP contribution in [0.1, 0.15) is 17.1 Å². The Morgan fingerprint density at radius 3 is 2.62 bits per heavy atom. The predicted octanol–water partition coefficient (Wildman–Crippen LogP) is 5.07. The van der Waals surface area contributed by atoms with Crippen molar-refractivity contribution in [2.24, 2.45) is 0 Å². The van der Waals surface area contributed by atoms with Gasteiger partial charge in [0.15, 0.2) is 4.96 Å². The van der Waals surface area contributed by atoms with Gasteiger partial charge in [0.2, 0.25) is 0 Å². The van der Waals surface area contributed by atoms with Crippen molar-refractivity contribution in [2.75, 3.05) is 5.32 Å². The highest BCUT2D eigenvalue weighted by Gasteiger charge is 2.14. The lowest BCUT2D eigenvalue weighted by molar-refractivity contribution is 0.628. The van der Waals surface area contributed by atoms with Crippen LogP contribution in [0.3, 0.4) is 0 Å². The number of halogens is 3. The van der Waals surface area contributed by atoms with Crippen LogP contribution in [-0.2, 0) is 6.54 Å². The largest absolute Gasteiger partial charge is 0.377 e. The number of imidazole rings is 1. The van der Waals surface area contributed by atoms with E-state index in [0.717, 1.165) is 22.0 Å². The number of hydrogen-bond acceptors (Lipinski definition) is 3. The van der Waals surface area contributed by atoms with Gasteiger partial charge < -0.3 is 5.32 Å². The summed E-state index contributed by atoms with van der Waals surface area (Å²) in [7, 11) is 0. The summed E-state index contributed by atoms with van der Waals surface area (Å²) in [4.78, 5) is 5.48. The van der Waals surface area contributed by atoms with E-state index in [1.54, 1.807) is 11.3 Å². The first-order chi connectivity index (χ1) is 9.97. The second-order valence-electron chi connectivity index (χ2n) is 4.74. The fourth-order valence-corrected chi connectivity index (χ4v) is 3.78. The third-order valence-corrected chi connectivity index (χ3v) is 4.81. The monoisotopic (exact) mass is 343 g/mol. The number of fused-ring (bicyclic) bond motifs is 1. The zero-order chi connectivity index (χ0) is 15.1. The lowest BCUT2D eigenvalue weighted by Gasteiger charge is -2.11. The maximum Gasteiger partial charge on any atom is 0.194 e. The van der Waals surface area contributed by atoms with E-state index in [4.69, 9.17) is 23.2 Å². The van der Waals surface area contributed by atoms with Gasteiger partial charge in [0, 0.05) is 11.1 Å². The molecule has 0 saturated carbocycles. The lowest BCUT2D eigenvalue weighted by Crippen LogP contribution is -2.05. The fourth-order valence-electron chi connectivity index (χ4n) is 2.26. The molecule has 1 N–H and O–H groups in total. The maximum atomic E-state index is 13.2. The molecule has 3 nitrogen and oxygen atoms in total. The minimum atomic E-state index is -0.452. The molecule has 0 fully saturated rings. The topological polar surface area (TPSA) is 29.3 Å². The highest BCUT2D eigenvalue weighted by Crippen LogP contribution is 2.32. The quantitative estimate of drug-likeness (QED) is 0.719. The van der Waals surface area contributed by atoms with Gasteiger partial charge in [-0.1, -0.05) is 23.2 Å². The number of nitrogens with one attached hydrogen (secondary N) is 1. The van der Waals surface area contributed by atoms with Crippen molar-refractivity contribution < 1.29 is 4.39 Å². The van der Waals surface area contributed by atoms with E-state index in [-0.39, 0.29) is 10.0 Å². The van der Waals surface area contributed by atoms with Crippen LogP contribution in [0.2, 0.25) is 10.0 Å². The molecule has 2 aromatic heterocycles. The Labute approximate surface area is 135 Å². The summed E-state index contributed by atoms with van der Waals surface area (Å²) in [5.41, 5.74) is 3.65. The average molecular weight is 344 g/mol. The van der Waals surface area contributed by atoms with Crippen molar-refractivity contribution in [1.82, 2.24) is 9.38 Å². The highest BCUT2D eigenvalue weighted by atomic mass is 35.5. The zero-order valence-corrected chi connectivity index (χ0v) is 13.7. The van der Waals surface area contributed by atoms with Crippen LogP contribution >= 0.6 is 34.5 Å². The van der Waals surface area contributed by atoms with Crippen LogP contribution in [-0.4, -0.2) is 9.38 Å². The van der Waals surface area contributed by atoms with Gasteiger partial charge in [-0.3, -0.25) is 4.40 Å². The Morgan fingerprint density at radius 1 is 1.29 bits per heavy atom. The number of benzene rings is 1. The molecule has 0 unspecified atom stereocenters. The van der Waals surface area contributed by atoms with Gasteiger partial charge in [-0.2, -0.15) is 0 Å². The Kier molecular flexibility index (Phi) is 3.82. The minimum Gasteiger partial charge on any atom is -0.377 e. The standard InChI is InChI=1S/C14H12Cl2FN3S/c1-7-6-21-14-19-8(2)12(20(7)14)5-18-13-10(15)3-9(17)4-11(13)16/h3-4,6,18H,5H2,1-2H3. The SMILES string of the molecule is Cc1nc2scc(C)n2c1CNc1c(Cl)cc(F)cc1Cl. The Bertz CT molecular complexity index is 802. The Hall–Kier alpha value is -1.30. The smallest absolute Gasteiger partial charge is 0.194 e. The van der Waals surface area contributed by atoms with Gasteiger partial charge in [-0.25, -0.2) is 9.37 Å². The Morgan fingerprint density at radius 2 is 1.95 bits per heavy atom. The predicted molar refractivity (Wildman–Crippen MR) is 86.3 cm³/mol. The molecule has 0 aliphatic carbocycles. The summed E-state index contributed by atoms with van der Waals surface area (Å²) in [6.45, 7) is 4.51. The summed E-state index contributed by atoms with van der Waals surface area (Å²) in [5.74, 6) is -0.452. The normalized spacial score (nSPS) is 11.3. The second kappa shape index (κ2) is 5.48. The average Bonchev–Trinajstić information content (AvgIpc) is 2.89. The van der Waals surface area contributed by atoms with Crippen molar-refractivity contribution in [2.45, 2.75) is 20.4 Å². The summed E-state index contributed by atoms with van der Waals surface area (Å²) in [6.07, 6.45) is 0. The minimum absolute atomic E-state index is 0.264. The number of aromatic nitrogens is 2. The number of hydrogen-bond donors (Lipinski definition) is 1. The van der Waals surface area contributed by atoms with Crippen molar-refractivity contribution in [3.63, 3.8) is 0 Å².